The highest BCUT2D eigenvalue weighted by atomic mass is 32.1. The van der Waals surface area contributed by atoms with Gasteiger partial charge in [-0.2, -0.15) is 0 Å². The number of hydrogen-bond acceptors (Lipinski definition) is 5. The van der Waals surface area contributed by atoms with Gasteiger partial charge in [-0.05, 0) is 61.6 Å². The molecule has 2 aromatic carbocycles. The van der Waals surface area contributed by atoms with Crippen LogP contribution in [0.15, 0.2) is 60.0 Å². The average Bonchev–Trinajstić information content (AvgIpc) is 3.27. The molecule has 30 heavy (non-hydrogen) atoms. The number of aromatic nitrogens is 2. The first-order chi connectivity index (χ1) is 14.3. The summed E-state index contributed by atoms with van der Waals surface area (Å²) in [5, 5.41) is 8.43. The maximum Gasteiger partial charge on any atom is 0.280 e. The number of nitrogens with zero attached hydrogens (tertiary/aromatic N) is 3. The second kappa shape index (κ2) is 9.13. The topological polar surface area (TPSA) is 75.2 Å². The van der Waals surface area contributed by atoms with Gasteiger partial charge in [-0.25, -0.2) is 4.39 Å². The van der Waals surface area contributed by atoms with Crippen LogP contribution in [0.3, 0.4) is 0 Å². The summed E-state index contributed by atoms with van der Waals surface area (Å²) in [6.45, 7) is 5.81. The minimum atomic E-state index is -0.975. The molecule has 1 aromatic heterocycles. The molecule has 0 saturated heterocycles. The lowest BCUT2D eigenvalue weighted by Crippen LogP contribution is -2.50. The SMILES string of the molecule is CCC(C)(C)NC(=O)[C@@H](c1ccccc1)N(C(=O)c1csnn1)c1ccc(F)cc1. The number of rotatable bonds is 7. The van der Waals surface area contributed by atoms with Crippen molar-refractivity contribution in [2.75, 3.05) is 4.90 Å². The standard InChI is InChI=1S/C22H23FN4O2S/c1-4-22(2,3)24-20(28)19(15-8-6-5-7-9-15)27(17-12-10-16(23)11-13-17)21(29)18-14-30-26-25-18/h5-14,19H,4H2,1-3H3,(H,24,28)/t19-/m1/s1. The predicted octanol–water partition coefficient (Wildman–Crippen LogP) is 4.37. The fourth-order valence-corrected chi connectivity index (χ4v) is 3.34. The number of benzene rings is 2. The van der Waals surface area contributed by atoms with Crippen LogP contribution >= 0.6 is 11.5 Å². The van der Waals surface area contributed by atoms with Crippen molar-refractivity contribution in [3.63, 3.8) is 0 Å². The number of carbonyl (C=O) groups is 2. The molecular formula is C22H23FN4O2S. The van der Waals surface area contributed by atoms with E-state index in [-0.39, 0.29) is 11.6 Å². The van der Waals surface area contributed by atoms with Gasteiger partial charge in [-0.15, -0.1) is 5.10 Å². The number of anilines is 1. The summed E-state index contributed by atoms with van der Waals surface area (Å²) < 4.78 is 17.3. The summed E-state index contributed by atoms with van der Waals surface area (Å²) in [6.07, 6.45) is 0.709. The fourth-order valence-electron chi connectivity index (χ4n) is 2.91. The van der Waals surface area contributed by atoms with Crippen molar-refractivity contribution in [2.45, 2.75) is 38.8 Å². The lowest BCUT2D eigenvalue weighted by atomic mass is 9.98. The minimum Gasteiger partial charge on any atom is -0.349 e. The van der Waals surface area contributed by atoms with Crippen LogP contribution in [-0.2, 0) is 4.79 Å². The Hall–Kier alpha value is -3.13. The van der Waals surface area contributed by atoms with Gasteiger partial charge in [-0.1, -0.05) is 41.7 Å². The third kappa shape index (κ3) is 4.88. The molecule has 1 N–H and O–H groups in total. The van der Waals surface area contributed by atoms with E-state index >= 15 is 0 Å². The lowest BCUT2D eigenvalue weighted by Gasteiger charge is -2.34. The quantitative estimate of drug-likeness (QED) is 0.609. The summed E-state index contributed by atoms with van der Waals surface area (Å²) in [5.74, 6) is -1.27. The Morgan fingerprint density at radius 2 is 1.80 bits per heavy atom. The smallest absolute Gasteiger partial charge is 0.280 e. The Kier molecular flexibility index (Phi) is 6.56. The Balaban J connectivity index is 2.14. The fraction of sp³-hybridized carbons (Fsp3) is 0.273. The summed E-state index contributed by atoms with van der Waals surface area (Å²) >= 11 is 1.04. The molecule has 0 aliphatic carbocycles. The maximum absolute atomic E-state index is 13.6. The van der Waals surface area contributed by atoms with Crippen LogP contribution in [0.25, 0.3) is 0 Å². The van der Waals surface area contributed by atoms with Crippen LogP contribution < -0.4 is 10.2 Å². The Labute approximate surface area is 178 Å². The highest BCUT2D eigenvalue weighted by Crippen LogP contribution is 2.30. The van der Waals surface area contributed by atoms with Crippen LogP contribution in [0.1, 0.15) is 49.3 Å². The molecule has 0 aliphatic heterocycles. The van der Waals surface area contributed by atoms with Gasteiger partial charge in [0.15, 0.2) is 5.69 Å². The first kappa shape index (κ1) is 21.6. The number of amides is 2. The van der Waals surface area contributed by atoms with Crippen LogP contribution in [-0.4, -0.2) is 26.9 Å². The molecular weight excluding hydrogens is 403 g/mol. The van der Waals surface area contributed by atoms with E-state index in [2.05, 4.69) is 14.9 Å². The van der Waals surface area contributed by atoms with Crippen LogP contribution in [0.5, 0.6) is 0 Å². The predicted molar refractivity (Wildman–Crippen MR) is 115 cm³/mol. The first-order valence-corrected chi connectivity index (χ1v) is 10.4. The average molecular weight is 427 g/mol. The van der Waals surface area contributed by atoms with E-state index in [9.17, 15) is 14.0 Å². The molecule has 0 aliphatic rings. The van der Waals surface area contributed by atoms with Gasteiger partial charge >= 0.3 is 0 Å². The molecule has 3 aromatic rings. The molecule has 0 unspecified atom stereocenters. The lowest BCUT2D eigenvalue weighted by molar-refractivity contribution is -0.124. The van der Waals surface area contributed by atoms with Gasteiger partial charge in [0.2, 0.25) is 5.91 Å². The van der Waals surface area contributed by atoms with E-state index in [0.717, 1.165) is 11.5 Å². The highest BCUT2D eigenvalue weighted by Gasteiger charge is 2.36. The molecule has 156 valence electrons. The molecule has 0 saturated carbocycles. The van der Waals surface area contributed by atoms with Gasteiger partial charge in [0.25, 0.3) is 5.91 Å². The second-order valence-electron chi connectivity index (χ2n) is 7.48. The van der Waals surface area contributed by atoms with Crippen molar-refractivity contribution < 1.29 is 14.0 Å². The molecule has 0 spiro atoms. The van der Waals surface area contributed by atoms with E-state index in [1.807, 2.05) is 26.8 Å². The molecule has 2 amide bonds. The summed E-state index contributed by atoms with van der Waals surface area (Å²) in [5.41, 5.74) is 0.660. The molecule has 0 radical (unpaired) electrons. The van der Waals surface area contributed by atoms with Gasteiger partial charge in [0.05, 0.1) is 0 Å². The Bertz CT molecular complexity index is 992. The van der Waals surface area contributed by atoms with Gasteiger partial charge in [0, 0.05) is 16.6 Å². The van der Waals surface area contributed by atoms with Crippen molar-refractivity contribution in [3.05, 3.63) is 77.1 Å². The van der Waals surface area contributed by atoms with Gasteiger partial charge in [-0.3, -0.25) is 14.5 Å². The zero-order valence-electron chi connectivity index (χ0n) is 17.0. The van der Waals surface area contributed by atoms with Crippen molar-refractivity contribution in [3.8, 4) is 0 Å². The van der Waals surface area contributed by atoms with Gasteiger partial charge in [0.1, 0.15) is 11.9 Å². The first-order valence-electron chi connectivity index (χ1n) is 9.55. The van der Waals surface area contributed by atoms with Crippen LogP contribution in [0.4, 0.5) is 10.1 Å². The van der Waals surface area contributed by atoms with E-state index in [4.69, 9.17) is 0 Å². The van der Waals surface area contributed by atoms with Crippen LogP contribution in [0.2, 0.25) is 0 Å². The van der Waals surface area contributed by atoms with Crippen molar-refractivity contribution in [1.82, 2.24) is 14.9 Å². The van der Waals surface area contributed by atoms with E-state index < -0.39 is 23.3 Å². The molecule has 3 rings (SSSR count). The Morgan fingerprint density at radius 3 is 2.37 bits per heavy atom. The number of carbonyl (C=O) groups excluding carboxylic acids is 2. The van der Waals surface area contributed by atoms with E-state index in [1.54, 1.807) is 24.3 Å². The second-order valence-corrected chi connectivity index (χ2v) is 8.09. The molecule has 1 heterocycles. The monoisotopic (exact) mass is 426 g/mol. The third-order valence-electron chi connectivity index (χ3n) is 4.87. The summed E-state index contributed by atoms with van der Waals surface area (Å²) in [7, 11) is 0. The number of halogens is 1. The summed E-state index contributed by atoms with van der Waals surface area (Å²) in [6, 6.07) is 13.5. The van der Waals surface area contributed by atoms with Crippen molar-refractivity contribution >= 4 is 29.0 Å². The summed E-state index contributed by atoms with van der Waals surface area (Å²) in [4.78, 5) is 28.2. The normalized spacial score (nSPS) is 12.3. The minimum absolute atomic E-state index is 0.118. The zero-order chi connectivity index (χ0) is 21.7. The molecule has 6 nitrogen and oxygen atoms in total. The molecule has 1 atom stereocenters. The van der Waals surface area contributed by atoms with Crippen molar-refractivity contribution in [2.24, 2.45) is 0 Å². The largest absolute Gasteiger partial charge is 0.349 e. The van der Waals surface area contributed by atoms with Crippen molar-refractivity contribution in [1.29, 1.82) is 0 Å². The highest BCUT2D eigenvalue weighted by molar-refractivity contribution is 7.03. The Morgan fingerprint density at radius 1 is 1.13 bits per heavy atom. The number of hydrogen-bond donors (Lipinski definition) is 1. The zero-order valence-corrected chi connectivity index (χ0v) is 17.8. The third-order valence-corrected chi connectivity index (χ3v) is 5.37. The van der Waals surface area contributed by atoms with Crippen LogP contribution in [0, 0.1) is 5.82 Å². The maximum atomic E-state index is 13.6. The van der Waals surface area contributed by atoms with E-state index in [0.29, 0.717) is 17.7 Å². The van der Waals surface area contributed by atoms with Gasteiger partial charge < -0.3 is 5.32 Å². The van der Waals surface area contributed by atoms with E-state index in [1.165, 1.54) is 34.5 Å². The molecule has 8 heteroatoms. The molecule has 0 bridgehead atoms. The number of nitrogens with one attached hydrogen (secondary N) is 1. The molecule has 0 fully saturated rings.